The highest BCUT2D eigenvalue weighted by Gasteiger charge is 2.42. The van der Waals surface area contributed by atoms with E-state index in [-0.39, 0.29) is 18.4 Å². The van der Waals surface area contributed by atoms with Crippen LogP contribution in [0.25, 0.3) is 21.9 Å². The summed E-state index contributed by atoms with van der Waals surface area (Å²) >= 11 is 0. The van der Waals surface area contributed by atoms with Crippen LogP contribution in [0.2, 0.25) is 0 Å². The van der Waals surface area contributed by atoms with E-state index in [2.05, 4.69) is 53.8 Å². The molecule has 0 saturated carbocycles. The third-order valence-electron chi connectivity index (χ3n) is 7.60. The van der Waals surface area contributed by atoms with Crippen LogP contribution in [0.4, 0.5) is 0 Å². The summed E-state index contributed by atoms with van der Waals surface area (Å²) < 4.78 is 8.25. The molecule has 2 saturated heterocycles. The largest absolute Gasteiger partial charge is 0.461 e. The van der Waals surface area contributed by atoms with E-state index in [1.807, 2.05) is 24.3 Å². The zero-order valence-electron chi connectivity index (χ0n) is 20.2. The highest BCUT2D eigenvalue weighted by Crippen LogP contribution is 2.29. The second kappa shape index (κ2) is 8.57. The molecule has 1 atom stereocenters. The Bertz CT molecular complexity index is 1430. The minimum atomic E-state index is -0.442. The predicted molar refractivity (Wildman–Crippen MR) is 135 cm³/mol. The maximum atomic E-state index is 13.6. The monoisotopic (exact) mass is 470 g/mol. The molecule has 0 aliphatic carbocycles. The molecule has 7 heteroatoms. The van der Waals surface area contributed by atoms with Crippen molar-refractivity contribution in [3.63, 3.8) is 0 Å². The topological polar surface area (TPSA) is 61.9 Å². The lowest BCUT2D eigenvalue weighted by Crippen LogP contribution is -2.66. The first-order valence-electron chi connectivity index (χ1n) is 12.4. The molecule has 2 fully saturated rings. The molecule has 4 heterocycles. The SMILES string of the molecule is CCc1oc2ccccc2c1CN1CC(=O)N2CCN(Cc3cc4ccccc4n3C)CC2C1=O. The van der Waals surface area contributed by atoms with Gasteiger partial charge in [-0.3, -0.25) is 14.5 Å². The number of rotatable bonds is 5. The summed E-state index contributed by atoms with van der Waals surface area (Å²) in [5.74, 6) is 0.943. The van der Waals surface area contributed by atoms with Gasteiger partial charge >= 0.3 is 0 Å². The van der Waals surface area contributed by atoms with E-state index >= 15 is 0 Å². The molecular weight excluding hydrogens is 440 g/mol. The van der Waals surface area contributed by atoms with Crippen molar-refractivity contribution < 1.29 is 14.0 Å². The van der Waals surface area contributed by atoms with Crippen LogP contribution in [0.1, 0.15) is 23.9 Å². The van der Waals surface area contributed by atoms with Gasteiger partial charge in [-0.15, -0.1) is 0 Å². The number of amides is 2. The minimum Gasteiger partial charge on any atom is -0.461 e. The van der Waals surface area contributed by atoms with Crippen molar-refractivity contribution in [1.82, 2.24) is 19.3 Å². The van der Waals surface area contributed by atoms with Gasteiger partial charge in [0.2, 0.25) is 11.8 Å². The van der Waals surface area contributed by atoms with E-state index < -0.39 is 6.04 Å². The Morgan fingerprint density at radius 3 is 2.63 bits per heavy atom. The van der Waals surface area contributed by atoms with Crippen molar-refractivity contribution in [2.75, 3.05) is 26.2 Å². The Balaban J connectivity index is 1.23. The molecule has 0 bridgehead atoms. The smallest absolute Gasteiger partial charge is 0.247 e. The number of nitrogens with zero attached hydrogens (tertiary/aromatic N) is 4. The normalized spacial score (nSPS) is 19.2. The summed E-state index contributed by atoms with van der Waals surface area (Å²) in [4.78, 5) is 32.5. The number of carbonyl (C=O) groups excluding carboxylic acids is 2. The van der Waals surface area contributed by atoms with Gasteiger partial charge in [0.25, 0.3) is 0 Å². The fourth-order valence-electron chi connectivity index (χ4n) is 5.70. The molecule has 180 valence electrons. The molecule has 2 aliphatic rings. The van der Waals surface area contributed by atoms with Gasteiger partial charge in [-0.05, 0) is 23.6 Å². The van der Waals surface area contributed by atoms with E-state index in [0.29, 0.717) is 19.6 Å². The van der Waals surface area contributed by atoms with Gasteiger partial charge in [-0.1, -0.05) is 43.3 Å². The number of benzene rings is 2. The molecule has 2 aliphatic heterocycles. The molecule has 35 heavy (non-hydrogen) atoms. The van der Waals surface area contributed by atoms with Crippen LogP contribution < -0.4 is 0 Å². The summed E-state index contributed by atoms with van der Waals surface area (Å²) in [5.41, 5.74) is 4.26. The minimum absolute atomic E-state index is 0.0266. The van der Waals surface area contributed by atoms with Gasteiger partial charge in [0.1, 0.15) is 23.9 Å². The lowest BCUT2D eigenvalue weighted by atomic mass is 10.0. The molecule has 0 radical (unpaired) electrons. The first-order valence-corrected chi connectivity index (χ1v) is 12.4. The average Bonchev–Trinajstić information content (AvgIpc) is 3.39. The number of piperazine rings is 2. The van der Waals surface area contributed by atoms with E-state index in [0.717, 1.165) is 41.8 Å². The van der Waals surface area contributed by atoms with Gasteiger partial charge in [0.05, 0.1) is 6.54 Å². The zero-order valence-corrected chi connectivity index (χ0v) is 20.2. The van der Waals surface area contributed by atoms with Gasteiger partial charge in [-0.2, -0.15) is 0 Å². The predicted octanol–water partition coefficient (Wildman–Crippen LogP) is 3.54. The summed E-state index contributed by atoms with van der Waals surface area (Å²) in [7, 11) is 2.09. The lowest BCUT2D eigenvalue weighted by Gasteiger charge is -2.46. The fraction of sp³-hybridized carbons (Fsp3) is 0.357. The van der Waals surface area contributed by atoms with Crippen molar-refractivity contribution in [1.29, 1.82) is 0 Å². The Kier molecular flexibility index (Phi) is 5.37. The molecule has 7 nitrogen and oxygen atoms in total. The van der Waals surface area contributed by atoms with Crippen molar-refractivity contribution in [3.05, 3.63) is 71.6 Å². The molecule has 1 unspecified atom stereocenters. The molecule has 0 spiro atoms. The first-order chi connectivity index (χ1) is 17.0. The van der Waals surface area contributed by atoms with E-state index in [1.165, 1.54) is 16.6 Å². The third-order valence-corrected chi connectivity index (χ3v) is 7.60. The Labute approximate surface area is 204 Å². The van der Waals surface area contributed by atoms with Gasteiger partial charge in [0.15, 0.2) is 0 Å². The molecule has 4 aromatic rings. The van der Waals surface area contributed by atoms with Crippen LogP contribution in [0.5, 0.6) is 0 Å². The van der Waals surface area contributed by atoms with Crippen molar-refractivity contribution in [3.8, 4) is 0 Å². The van der Waals surface area contributed by atoms with Crippen LogP contribution in [0, 0.1) is 0 Å². The summed E-state index contributed by atoms with van der Waals surface area (Å²) in [6.45, 7) is 5.24. The van der Waals surface area contributed by atoms with Gasteiger partial charge in [0, 0.05) is 61.8 Å². The van der Waals surface area contributed by atoms with Crippen LogP contribution in [-0.4, -0.2) is 63.3 Å². The third kappa shape index (κ3) is 3.71. The number of fused-ring (bicyclic) bond motifs is 3. The zero-order chi connectivity index (χ0) is 24.1. The van der Waals surface area contributed by atoms with E-state index in [4.69, 9.17) is 4.42 Å². The number of hydrogen-bond donors (Lipinski definition) is 0. The summed E-state index contributed by atoms with van der Waals surface area (Å²) in [5, 5.41) is 2.24. The second-order valence-corrected chi connectivity index (χ2v) is 9.64. The highest BCUT2D eigenvalue weighted by molar-refractivity contribution is 5.95. The van der Waals surface area contributed by atoms with Crippen LogP contribution >= 0.6 is 0 Å². The Morgan fingerprint density at radius 2 is 1.80 bits per heavy atom. The van der Waals surface area contributed by atoms with Crippen molar-refractivity contribution in [2.45, 2.75) is 32.5 Å². The van der Waals surface area contributed by atoms with Gasteiger partial charge < -0.3 is 18.8 Å². The molecule has 2 aromatic carbocycles. The molecule has 6 rings (SSSR count). The number of furan rings is 1. The maximum absolute atomic E-state index is 13.6. The average molecular weight is 471 g/mol. The quantitative estimate of drug-likeness (QED) is 0.448. The number of hydrogen-bond acceptors (Lipinski definition) is 4. The summed E-state index contributed by atoms with van der Waals surface area (Å²) in [6.07, 6.45) is 0.744. The van der Waals surface area contributed by atoms with Gasteiger partial charge in [-0.25, -0.2) is 0 Å². The number of aryl methyl sites for hydroxylation is 2. The van der Waals surface area contributed by atoms with Crippen LogP contribution in [0.3, 0.4) is 0 Å². The Hall–Kier alpha value is -3.58. The van der Waals surface area contributed by atoms with Crippen LogP contribution in [0.15, 0.2) is 59.0 Å². The molecular formula is C28H30N4O3. The lowest BCUT2D eigenvalue weighted by molar-refractivity contribution is -0.160. The fourth-order valence-corrected chi connectivity index (χ4v) is 5.70. The molecule has 0 N–H and O–H groups in total. The van der Waals surface area contributed by atoms with Crippen LogP contribution in [-0.2, 0) is 36.1 Å². The highest BCUT2D eigenvalue weighted by atomic mass is 16.3. The van der Waals surface area contributed by atoms with E-state index in [9.17, 15) is 9.59 Å². The molecule has 2 amide bonds. The number of aromatic nitrogens is 1. The summed E-state index contributed by atoms with van der Waals surface area (Å²) in [6, 6.07) is 18.1. The standard InChI is InChI=1S/C28H30N4O3/c1-3-25-22(21-9-5-7-11-26(21)35-25)16-31-18-27(33)32-13-12-30(17-24(32)28(31)34)15-20-14-19-8-4-6-10-23(19)29(20)2/h4-11,14,24H,3,12-13,15-18H2,1-2H3. The first kappa shape index (κ1) is 21.9. The van der Waals surface area contributed by atoms with Crippen molar-refractivity contribution >= 4 is 33.7 Å². The Morgan fingerprint density at radius 1 is 1.00 bits per heavy atom. The maximum Gasteiger partial charge on any atom is 0.247 e. The number of carbonyl (C=O) groups is 2. The second-order valence-electron chi connectivity index (χ2n) is 9.64. The number of para-hydroxylation sites is 2. The molecule has 2 aromatic heterocycles. The van der Waals surface area contributed by atoms with E-state index in [1.54, 1.807) is 9.80 Å². The van der Waals surface area contributed by atoms with Crippen molar-refractivity contribution in [2.24, 2.45) is 7.05 Å².